The maximum absolute atomic E-state index is 13.8. The summed E-state index contributed by atoms with van der Waals surface area (Å²) in [5, 5.41) is 11.5. The van der Waals surface area contributed by atoms with E-state index in [1.807, 2.05) is 6.07 Å². The zero-order chi connectivity index (χ0) is 17.8. The van der Waals surface area contributed by atoms with Gasteiger partial charge in [0.05, 0.1) is 11.6 Å². The van der Waals surface area contributed by atoms with Crippen LogP contribution in [-0.2, 0) is 0 Å². The lowest BCUT2D eigenvalue weighted by Crippen LogP contribution is -2.50. The molecule has 0 aromatic heterocycles. The quantitative estimate of drug-likeness (QED) is 0.912. The summed E-state index contributed by atoms with van der Waals surface area (Å²) in [7, 11) is 0. The Labute approximate surface area is 144 Å². The highest BCUT2D eigenvalue weighted by Crippen LogP contribution is 2.24. The molecule has 0 atom stereocenters. The number of anilines is 2. The van der Waals surface area contributed by atoms with Crippen molar-refractivity contribution in [1.29, 1.82) is 5.26 Å². The number of carbonyl (C=O) groups is 1. The van der Waals surface area contributed by atoms with E-state index in [4.69, 9.17) is 5.26 Å². The molecule has 0 spiro atoms. The second-order valence-electron chi connectivity index (χ2n) is 5.66. The normalized spacial score (nSPS) is 14.1. The van der Waals surface area contributed by atoms with Crippen LogP contribution in [0.3, 0.4) is 0 Å². The van der Waals surface area contributed by atoms with E-state index in [-0.39, 0.29) is 11.7 Å². The Morgan fingerprint density at radius 2 is 1.60 bits per heavy atom. The van der Waals surface area contributed by atoms with Gasteiger partial charge < -0.3 is 15.1 Å². The molecule has 1 aliphatic heterocycles. The van der Waals surface area contributed by atoms with Crippen LogP contribution < -0.4 is 10.2 Å². The molecule has 2 aromatic rings. The number of amides is 2. The van der Waals surface area contributed by atoms with E-state index in [0.29, 0.717) is 37.4 Å². The van der Waals surface area contributed by atoms with E-state index in [1.165, 1.54) is 18.2 Å². The van der Waals surface area contributed by atoms with Gasteiger partial charge in [0, 0.05) is 31.9 Å². The summed E-state index contributed by atoms with van der Waals surface area (Å²) in [5.41, 5.74) is 1.06. The van der Waals surface area contributed by atoms with E-state index in [2.05, 4.69) is 5.32 Å². The Kier molecular flexibility index (Phi) is 4.80. The molecule has 1 aliphatic rings. The Morgan fingerprint density at radius 1 is 1.00 bits per heavy atom. The number of benzene rings is 2. The second kappa shape index (κ2) is 7.18. The molecule has 3 rings (SSSR count). The fourth-order valence-corrected chi connectivity index (χ4v) is 2.75. The van der Waals surface area contributed by atoms with Crippen LogP contribution in [0.4, 0.5) is 25.0 Å². The van der Waals surface area contributed by atoms with Gasteiger partial charge in [0.25, 0.3) is 0 Å². The fraction of sp³-hybridized carbons (Fsp3) is 0.222. The number of nitrogens with zero attached hydrogens (tertiary/aromatic N) is 3. The van der Waals surface area contributed by atoms with Gasteiger partial charge in [-0.2, -0.15) is 5.26 Å². The molecule has 1 saturated heterocycles. The van der Waals surface area contributed by atoms with Crippen molar-refractivity contribution in [2.45, 2.75) is 0 Å². The molecule has 0 bridgehead atoms. The number of rotatable bonds is 2. The number of hydrogen-bond donors (Lipinski definition) is 1. The molecule has 7 heteroatoms. The third kappa shape index (κ3) is 3.69. The summed E-state index contributed by atoms with van der Waals surface area (Å²) in [6, 6.07) is 12.1. The Bertz CT molecular complexity index is 789. The molecule has 2 aromatic carbocycles. The van der Waals surface area contributed by atoms with Crippen molar-refractivity contribution in [2.75, 3.05) is 36.4 Å². The molecule has 5 nitrogen and oxygen atoms in total. The summed E-state index contributed by atoms with van der Waals surface area (Å²) >= 11 is 0. The maximum atomic E-state index is 13.8. The minimum atomic E-state index is -0.601. The second-order valence-corrected chi connectivity index (χ2v) is 5.66. The van der Waals surface area contributed by atoms with Gasteiger partial charge in [-0.25, -0.2) is 13.6 Å². The van der Waals surface area contributed by atoms with Gasteiger partial charge in [-0.15, -0.1) is 0 Å². The van der Waals surface area contributed by atoms with E-state index in [1.54, 1.807) is 34.1 Å². The first kappa shape index (κ1) is 16.7. The third-order valence-corrected chi connectivity index (χ3v) is 4.09. The largest absolute Gasteiger partial charge is 0.363 e. The number of hydrogen-bond acceptors (Lipinski definition) is 3. The first-order valence-corrected chi connectivity index (χ1v) is 7.83. The minimum Gasteiger partial charge on any atom is -0.363 e. The van der Waals surface area contributed by atoms with Crippen LogP contribution in [0.25, 0.3) is 0 Å². The molecule has 0 aliphatic carbocycles. The summed E-state index contributed by atoms with van der Waals surface area (Å²) in [6.07, 6.45) is 0. The number of halogens is 2. The van der Waals surface area contributed by atoms with Crippen LogP contribution in [-0.4, -0.2) is 37.1 Å². The van der Waals surface area contributed by atoms with Gasteiger partial charge in [-0.05, 0) is 36.4 Å². The van der Waals surface area contributed by atoms with Crippen molar-refractivity contribution < 1.29 is 13.6 Å². The van der Waals surface area contributed by atoms with E-state index < -0.39 is 11.6 Å². The van der Waals surface area contributed by atoms with Crippen molar-refractivity contribution >= 4 is 17.4 Å². The van der Waals surface area contributed by atoms with Crippen molar-refractivity contribution in [3.63, 3.8) is 0 Å². The Morgan fingerprint density at radius 3 is 2.16 bits per heavy atom. The van der Waals surface area contributed by atoms with Gasteiger partial charge in [0.15, 0.2) is 0 Å². The Hall–Kier alpha value is -3.14. The van der Waals surface area contributed by atoms with Crippen molar-refractivity contribution in [1.82, 2.24) is 4.90 Å². The minimum absolute atomic E-state index is 0.0466. The van der Waals surface area contributed by atoms with E-state index in [0.717, 1.165) is 0 Å². The van der Waals surface area contributed by atoms with Gasteiger partial charge in [0.2, 0.25) is 0 Å². The average Bonchev–Trinajstić information content (AvgIpc) is 2.63. The average molecular weight is 342 g/mol. The number of carbonyl (C=O) groups excluding carboxylic acids is 1. The van der Waals surface area contributed by atoms with Crippen LogP contribution in [0.5, 0.6) is 0 Å². The van der Waals surface area contributed by atoms with Crippen molar-refractivity contribution in [2.24, 2.45) is 0 Å². The van der Waals surface area contributed by atoms with Crippen LogP contribution in [0.15, 0.2) is 42.5 Å². The number of nitriles is 1. The number of piperazine rings is 1. The zero-order valence-electron chi connectivity index (χ0n) is 13.4. The molecule has 2 amide bonds. The van der Waals surface area contributed by atoms with Crippen LogP contribution >= 0.6 is 0 Å². The summed E-state index contributed by atoms with van der Waals surface area (Å²) in [6.45, 7) is 1.41. The van der Waals surface area contributed by atoms with Crippen molar-refractivity contribution in [3.05, 3.63) is 59.7 Å². The molecule has 1 fully saturated rings. The van der Waals surface area contributed by atoms with Gasteiger partial charge >= 0.3 is 6.03 Å². The highest BCUT2D eigenvalue weighted by Gasteiger charge is 2.24. The molecule has 0 radical (unpaired) electrons. The molecule has 128 valence electrons. The number of para-hydroxylation sites is 1. The van der Waals surface area contributed by atoms with Crippen molar-refractivity contribution in [3.8, 4) is 6.07 Å². The first-order valence-electron chi connectivity index (χ1n) is 7.83. The standard InChI is InChI=1S/C18H16F2N4O/c19-15-2-1-3-16(20)17(15)23-8-10-24(11-9-23)18(25)22-14-6-4-13(12-21)5-7-14/h1-7H,8-11H2,(H,22,25). The predicted octanol–water partition coefficient (Wildman–Crippen LogP) is 3.19. The smallest absolute Gasteiger partial charge is 0.321 e. The predicted molar refractivity (Wildman–Crippen MR) is 90.3 cm³/mol. The molecule has 1 N–H and O–H groups in total. The van der Waals surface area contributed by atoms with Gasteiger partial charge in [-0.1, -0.05) is 6.07 Å². The highest BCUT2D eigenvalue weighted by atomic mass is 19.1. The monoisotopic (exact) mass is 342 g/mol. The highest BCUT2D eigenvalue weighted by molar-refractivity contribution is 5.89. The maximum Gasteiger partial charge on any atom is 0.321 e. The van der Waals surface area contributed by atoms with E-state index in [9.17, 15) is 13.6 Å². The van der Waals surface area contributed by atoms with Gasteiger partial charge in [-0.3, -0.25) is 0 Å². The SMILES string of the molecule is N#Cc1ccc(NC(=O)N2CCN(c3c(F)cccc3F)CC2)cc1. The third-order valence-electron chi connectivity index (χ3n) is 4.09. The summed E-state index contributed by atoms with van der Waals surface area (Å²) in [4.78, 5) is 15.5. The fourth-order valence-electron chi connectivity index (χ4n) is 2.75. The summed E-state index contributed by atoms with van der Waals surface area (Å²) < 4.78 is 27.7. The van der Waals surface area contributed by atoms with E-state index >= 15 is 0 Å². The molecular formula is C18H16F2N4O. The Balaban J connectivity index is 1.60. The summed E-state index contributed by atoms with van der Waals surface area (Å²) in [5.74, 6) is -1.20. The lowest BCUT2D eigenvalue weighted by molar-refractivity contribution is 0.208. The molecule has 0 unspecified atom stereocenters. The number of nitrogens with one attached hydrogen (secondary N) is 1. The van der Waals surface area contributed by atoms with Crippen LogP contribution in [0, 0.1) is 23.0 Å². The van der Waals surface area contributed by atoms with Gasteiger partial charge in [0.1, 0.15) is 17.3 Å². The lowest BCUT2D eigenvalue weighted by atomic mass is 10.2. The molecule has 1 heterocycles. The van der Waals surface area contributed by atoms with Crippen LogP contribution in [0.1, 0.15) is 5.56 Å². The lowest BCUT2D eigenvalue weighted by Gasteiger charge is -2.36. The zero-order valence-corrected chi connectivity index (χ0v) is 13.4. The molecular weight excluding hydrogens is 326 g/mol. The first-order chi connectivity index (χ1) is 12.1. The topological polar surface area (TPSA) is 59.4 Å². The molecule has 0 saturated carbocycles. The molecule has 25 heavy (non-hydrogen) atoms. The van der Waals surface area contributed by atoms with Crippen LogP contribution in [0.2, 0.25) is 0 Å². The number of urea groups is 1.